The number of carbonyl (C=O) groups excluding carboxylic acids is 1. The fourth-order valence-electron chi connectivity index (χ4n) is 1.81. The van der Waals surface area contributed by atoms with Crippen molar-refractivity contribution in [3.63, 3.8) is 0 Å². The van der Waals surface area contributed by atoms with Crippen molar-refractivity contribution in [2.75, 3.05) is 25.8 Å². The number of hydrogen-bond acceptors (Lipinski definition) is 4. The smallest absolute Gasteiger partial charge is 0.465 e. The molecule has 0 aromatic carbocycles. The molecule has 0 bridgehead atoms. The van der Waals surface area contributed by atoms with Gasteiger partial charge >= 0.3 is 12.2 Å². The Morgan fingerprint density at radius 1 is 1.29 bits per heavy atom. The Hall–Kier alpha value is -1.17. The summed E-state index contributed by atoms with van der Waals surface area (Å²) in [5, 5.41) is 8.76. The zero-order chi connectivity index (χ0) is 12.7. The second-order valence-electron chi connectivity index (χ2n) is 3.85. The highest BCUT2D eigenvalue weighted by atomic mass is 35.5. The second kappa shape index (κ2) is 7.21. The first-order chi connectivity index (χ1) is 8.13. The lowest BCUT2D eigenvalue weighted by Gasteiger charge is -2.29. The molecule has 1 aliphatic rings. The number of ether oxygens (including phenoxy) is 2. The minimum atomic E-state index is -0.870. The van der Waals surface area contributed by atoms with Crippen molar-refractivity contribution in [3.8, 4) is 0 Å². The largest absolute Gasteiger partial charge is 0.509 e. The molecule has 0 aromatic rings. The van der Waals surface area contributed by atoms with E-state index in [-0.39, 0.29) is 12.7 Å². The number of halogens is 1. The number of carboxylic acid groups (broad SMARTS) is 1. The molecule has 1 rings (SSSR count). The molecule has 7 heteroatoms. The van der Waals surface area contributed by atoms with E-state index in [0.29, 0.717) is 19.0 Å². The minimum Gasteiger partial charge on any atom is -0.465 e. The van der Waals surface area contributed by atoms with Crippen LogP contribution in [0.3, 0.4) is 0 Å². The van der Waals surface area contributed by atoms with Crippen LogP contribution in [-0.2, 0) is 9.47 Å². The monoisotopic (exact) mass is 265 g/mol. The van der Waals surface area contributed by atoms with Crippen molar-refractivity contribution in [3.05, 3.63) is 0 Å². The van der Waals surface area contributed by atoms with Gasteiger partial charge in [-0.25, -0.2) is 9.59 Å². The molecule has 6 nitrogen and oxygen atoms in total. The fraction of sp³-hybridized carbons (Fsp3) is 0.800. The maximum Gasteiger partial charge on any atom is 0.509 e. The van der Waals surface area contributed by atoms with Crippen molar-refractivity contribution >= 4 is 23.8 Å². The standard InChI is InChI=1S/C10H16ClNO5/c11-7-17-10(15)16-6-3-8-1-4-12(5-2-8)9(13)14/h8H,1-7H2,(H,13,14). The molecule has 1 amide bonds. The summed E-state index contributed by atoms with van der Waals surface area (Å²) < 4.78 is 9.18. The number of nitrogens with zero attached hydrogens (tertiary/aromatic N) is 1. The Morgan fingerprint density at radius 3 is 2.47 bits per heavy atom. The van der Waals surface area contributed by atoms with Gasteiger partial charge in [-0.05, 0) is 25.2 Å². The van der Waals surface area contributed by atoms with Crippen LogP contribution in [0.5, 0.6) is 0 Å². The van der Waals surface area contributed by atoms with Crippen LogP contribution in [0.25, 0.3) is 0 Å². The third kappa shape index (κ3) is 5.12. The topological polar surface area (TPSA) is 76.1 Å². The molecule has 1 aliphatic heterocycles. The van der Waals surface area contributed by atoms with E-state index in [2.05, 4.69) is 4.74 Å². The molecule has 0 atom stereocenters. The Bertz CT molecular complexity index is 265. The Kier molecular flexibility index (Phi) is 5.90. The van der Waals surface area contributed by atoms with Crippen molar-refractivity contribution in [1.29, 1.82) is 0 Å². The van der Waals surface area contributed by atoms with Gasteiger partial charge < -0.3 is 19.5 Å². The van der Waals surface area contributed by atoms with Crippen LogP contribution in [0, 0.1) is 5.92 Å². The number of hydrogen-bond donors (Lipinski definition) is 1. The Labute approximate surface area is 104 Å². The van der Waals surface area contributed by atoms with Crippen LogP contribution >= 0.6 is 11.6 Å². The van der Waals surface area contributed by atoms with Gasteiger partial charge in [0.1, 0.15) is 0 Å². The molecule has 1 saturated heterocycles. The number of alkyl halides is 1. The number of amides is 1. The van der Waals surface area contributed by atoms with Gasteiger partial charge in [-0.3, -0.25) is 0 Å². The maximum absolute atomic E-state index is 10.8. The number of piperidine rings is 1. The lowest BCUT2D eigenvalue weighted by molar-refractivity contribution is 0.0595. The lowest BCUT2D eigenvalue weighted by Crippen LogP contribution is -2.37. The van der Waals surface area contributed by atoms with E-state index < -0.39 is 12.2 Å². The van der Waals surface area contributed by atoms with Crippen molar-refractivity contribution < 1.29 is 24.2 Å². The van der Waals surface area contributed by atoms with Gasteiger partial charge in [0.15, 0.2) is 6.07 Å². The van der Waals surface area contributed by atoms with Crippen LogP contribution < -0.4 is 0 Å². The molecule has 98 valence electrons. The van der Waals surface area contributed by atoms with Crippen molar-refractivity contribution in [2.24, 2.45) is 5.92 Å². The molecular formula is C10H16ClNO5. The molecule has 1 N–H and O–H groups in total. The first kappa shape index (κ1) is 13.9. The fourth-order valence-corrected chi connectivity index (χ4v) is 1.90. The molecule has 1 fully saturated rings. The predicted molar refractivity (Wildman–Crippen MR) is 60.1 cm³/mol. The number of likely N-dealkylation sites (tertiary alicyclic amines) is 1. The molecule has 0 aliphatic carbocycles. The maximum atomic E-state index is 10.8. The second-order valence-corrected chi connectivity index (χ2v) is 4.07. The van der Waals surface area contributed by atoms with Gasteiger partial charge in [-0.1, -0.05) is 11.6 Å². The summed E-state index contributed by atoms with van der Waals surface area (Å²) in [6.07, 6.45) is 0.707. The lowest BCUT2D eigenvalue weighted by atomic mass is 9.94. The van der Waals surface area contributed by atoms with Gasteiger partial charge in [-0.2, -0.15) is 0 Å². The zero-order valence-electron chi connectivity index (χ0n) is 9.43. The first-order valence-corrected chi connectivity index (χ1v) is 6.00. The molecule has 17 heavy (non-hydrogen) atoms. The van der Waals surface area contributed by atoms with Crippen LogP contribution in [0.2, 0.25) is 0 Å². The quantitative estimate of drug-likeness (QED) is 0.622. The summed E-state index contributed by atoms with van der Waals surface area (Å²) in [6, 6.07) is -0.212. The number of carbonyl (C=O) groups is 2. The Morgan fingerprint density at radius 2 is 1.94 bits per heavy atom. The van der Waals surface area contributed by atoms with Gasteiger partial charge in [0.25, 0.3) is 0 Å². The zero-order valence-corrected chi connectivity index (χ0v) is 10.2. The molecule has 0 radical (unpaired) electrons. The van der Waals surface area contributed by atoms with E-state index in [1.165, 1.54) is 4.90 Å². The highest BCUT2D eigenvalue weighted by Gasteiger charge is 2.22. The summed E-state index contributed by atoms with van der Waals surface area (Å²) in [5.74, 6) is 0.398. The molecule has 0 unspecified atom stereocenters. The van der Waals surface area contributed by atoms with E-state index in [9.17, 15) is 9.59 Å². The van der Waals surface area contributed by atoms with E-state index in [1.54, 1.807) is 0 Å². The summed E-state index contributed by atoms with van der Waals surface area (Å²) >= 11 is 5.19. The van der Waals surface area contributed by atoms with Crippen LogP contribution in [0.1, 0.15) is 19.3 Å². The van der Waals surface area contributed by atoms with E-state index >= 15 is 0 Å². The van der Waals surface area contributed by atoms with Crippen LogP contribution in [-0.4, -0.2) is 48.0 Å². The molecule has 0 aromatic heterocycles. The molecule has 0 saturated carbocycles. The first-order valence-electron chi connectivity index (χ1n) is 5.47. The van der Waals surface area contributed by atoms with Crippen molar-refractivity contribution in [1.82, 2.24) is 4.90 Å². The third-order valence-electron chi connectivity index (χ3n) is 2.80. The Balaban J connectivity index is 2.10. The van der Waals surface area contributed by atoms with E-state index in [0.717, 1.165) is 19.3 Å². The van der Waals surface area contributed by atoms with Gasteiger partial charge in [0.05, 0.1) is 6.61 Å². The normalized spacial score (nSPS) is 16.6. The van der Waals surface area contributed by atoms with E-state index in [1.807, 2.05) is 0 Å². The predicted octanol–water partition coefficient (Wildman–Crippen LogP) is 2.12. The van der Waals surface area contributed by atoms with Gasteiger partial charge in [0, 0.05) is 13.1 Å². The average Bonchev–Trinajstić information content (AvgIpc) is 2.30. The van der Waals surface area contributed by atoms with Crippen LogP contribution in [0.4, 0.5) is 9.59 Å². The summed E-state index contributed by atoms with van der Waals surface area (Å²) in [5.41, 5.74) is 0. The van der Waals surface area contributed by atoms with Gasteiger partial charge in [-0.15, -0.1) is 0 Å². The van der Waals surface area contributed by atoms with E-state index in [4.69, 9.17) is 21.4 Å². The summed E-state index contributed by atoms with van der Waals surface area (Å²) in [4.78, 5) is 22.9. The molecule has 1 heterocycles. The highest BCUT2D eigenvalue weighted by molar-refractivity contribution is 6.17. The average molecular weight is 266 g/mol. The summed E-state index contributed by atoms with van der Waals surface area (Å²) in [6.45, 7) is 1.38. The SMILES string of the molecule is O=C(OCCl)OCCC1CCN(C(=O)O)CC1. The van der Waals surface area contributed by atoms with Crippen molar-refractivity contribution in [2.45, 2.75) is 19.3 Å². The number of rotatable bonds is 4. The highest BCUT2D eigenvalue weighted by Crippen LogP contribution is 2.20. The van der Waals surface area contributed by atoms with Crippen LogP contribution in [0.15, 0.2) is 0 Å². The summed E-state index contributed by atoms with van der Waals surface area (Å²) in [7, 11) is 0. The molecular weight excluding hydrogens is 250 g/mol. The molecule has 0 spiro atoms. The third-order valence-corrected chi connectivity index (χ3v) is 2.91. The van der Waals surface area contributed by atoms with Gasteiger partial charge in [0.2, 0.25) is 0 Å². The minimum absolute atomic E-state index is 0.212.